The Morgan fingerprint density at radius 1 is 1.64 bits per heavy atom. The first-order valence-corrected chi connectivity index (χ1v) is 4.47. The van der Waals surface area contributed by atoms with Crippen molar-refractivity contribution < 1.29 is 14.6 Å². The summed E-state index contributed by atoms with van der Waals surface area (Å²) < 4.78 is 4.80. The molecule has 0 spiro atoms. The Morgan fingerprint density at radius 2 is 2.43 bits per heavy atom. The summed E-state index contributed by atoms with van der Waals surface area (Å²) >= 11 is 0. The molecule has 1 aromatic heterocycles. The van der Waals surface area contributed by atoms with E-state index in [1.54, 1.807) is 25.3 Å². The molecule has 0 unspecified atom stereocenters. The van der Waals surface area contributed by atoms with E-state index in [2.05, 4.69) is 4.98 Å². The second-order valence-corrected chi connectivity index (χ2v) is 2.75. The third kappa shape index (κ3) is 2.81. The zero-order chi connectivity index (χ0) is 10.4. The zero-order valence-corrected chi connectivity index (χ0v) is 8.06. The lowest BCUT2D eigenvalue weighted by Gasteiger charge is -2.05. The van der Waals surface area contributed by atoms with Crippen molar-refractivity contribution in [3.8, 4) is 0 Å². The van der Waals surface area contributed by atoms with Crippen LogP contribution in [0.5, 0.6) is 0 Å². The molecule has 0 aliphatic heterocycles. The highest BCUT2D eigenvalue weighted by molar-refractivity contribution is 5.72. The van der Waals surface area contributed by atoms with E-state index in [1.807, 2.05) is 0 Å². The molecule has 0 saturated heterocycles. The molecule has 0 amide bonds. The number of nitrogens with zero attached hydrogens (tertiary/aromatic N) is 1. The Bertz CT molecular complexity index is 312. The molecule has 0 aliphatic carbocycles. The molecule has 14 heavy (non-hydrogen) atoms. The summed E-state index contributed by atoms with van der Waals surface area (Å²) in [7, 11) is 0. The number of hydrogen-bond acceptors (Lipinski definition) is 4. The van der Waals surface area contributed by atoms with Gasteiger partial charge in [0.1, 0.15) is 0 Å². The first kappa shape index (κ1) is 10.7. The van der Waals surface area contributed by atoms with Crippen molar-refractivity contribution in [2.45, 2.75) is 20.0 Å². The highest BCUT2D eigenvalue weighted by Gasteiger charge is 2.08. The maximum atomic E-state index is 11.1. The van der Waals surface area contributed by atoms with Crippen LogP contribution >= 0.6 is 0 Å². The summed E-state index contributed by atoms with van der Waals surface area (Å²) in [5, 5.41) is 8.95. The first-order chi connectivity index (χ1) is 6.77. The van der Waals surface area contributed by atoms with Gasteiger partial charge in [-0.3, -0.25) is 9.78 Å². The van der Waals surface area contributed by atoms with Crippen molar-refractivity contribution in [3.63, 3.8) is 0 Å². The quantitative estimate of drug-likeness (QED) is 0.718. The minimum atomic E-state index is -0.296. The van der Waals surface area contributed by atoms with Gasteiger partial charge >= 0.3 is 5.97 Å². The first-order valence-electron chi connectivity index (χ1n) is 4.47. The van der Waals surface area contributed by atoms with Crippen molar-refractivity contribution in [1.29, 1.82) is 0 Å². The molecule has 4 heteroatoms. The van der Waals surface area contributed by atoms with E-state index in [9.17, 15) is 4.79 Å². The van der Waals surface area contributed by atoms with Crippen LogP contribution in [0.4, 0.5) is 0 Å². The molecule has 1 rings (SSSR count). The van der Waals surface area contributed by atoms with Crippen molar-refractivity contribution in [2.75, 3.05) is 6.61 Å². The fraction of sp³-hybridized carbons (Fsp3) is 0.400. The number of hydrogen-bond donors (Lipinski definition) is 1. The van der Waals surface area contributed by atoms with Gasteiger partial charge in [0.15, 0.2) is 0 Å². The normalized spacial score (nSPS) is 9.86. The number of esters is 1. The summed E-state index contributed by atoms with van der Waals surface area (Å²) in [6.07, 6.45) is 1.75. The molecule has 4 nitrogen and oxygen atoms in total. The monoisotopic (exact) mass is 195 g/mol. The Hall–Kier alpha value is -1.42. The van der Waals surface area contributed by atoms with Crippen molar-refractivity contribution in [1.82, 2.24) is 4.98 Å². The lowest BCUT2D eigenvalue weighted by molar-refractivity contribution is -0.142. The molecular formula is C10H13NO3. The van der Waals surface area contributed by atoms with E-state index in [1.165, 1.54) is 0 Å². The van der Waals surface area contributed by atoms with Crippen LogP contribution < -0.4 is 0 Å². The van der Waals surface area contributed by atoms with E-state index >= 15 is 0 Å². The van der Waals surface area contributed by atoms with Crippen molar-refractivity contribution in [3.05, 3.63) is 29.6 Å². The number of carbonyl (C=O) groups is 1. The van der Waals surface area contributed by atoms with Gasteiger partial charge in [-0.05, 0) is 18.6 Å². The molecule has 1 N–H and O–H groups in total. The summed E-state index contributed by atoms with van der Waals surface area (Å²) in [6, 6.07) is 3.49. The lowest BCUT2D eigenvalue weighted by atomic mass is 10.1. The second kappa shape index (κ2) is 5.34. The van der Waals surface area contributed by atoms with Crippen LogP contribution in [-0.4, -0.2) is 22.7 Å². The number of aromatic nitrogens is 1. The summed E-state index contributed by atoms with van der Waals surface area (Å²) in [4.78, 5) is 15.1. The number of aliphatic hydroxyl groups is 1. The SMILES string of the molecule is CCOC(=O)Cc1cccnc1CO. The highest BCUT2D eigenvalue weighted by Crippen LogP contribution is 2.06. The van der Waals surface area contributed by atoms with Crippen LogP contribution in [0.3, 0.4) is 0 Å². The van der Waals surface area contributed by atoms with Gasteiger partial charge in [-0.25, -0.2) is 0 Å². The van der Waals surface area contributed by atoms with Crippen LogP contribution in [0.25, 0.3) is 0 Å². The number of ether oxygens (including phenoxy) is 1. The fourth-order valence-corrected chi connectivity index (χ4v) is 1.14. The third-order valence-corrected chi connectivity index (χ3v) is 1.77. The molecule has 76 valence electrons. The van der Waals surface area contributed by atoms with Gasteiger partial charge in [0, 0.05) is 6.20 Å². The Balaban J connectivity index is 2.70. The van der Waals surface area contributed by atoms with Crippen LogP contribution in [-0.2, 0) is 22.6 Å². The highest BCUT2D eigenvalue weighted by atomic mass is 16.5. The fourth-order valence-electron chi connectivity index (χ4n) is 1.14. The molecule has 0 radical (unpaired) electrons. The Kier molecular flexibility index (Phi) is 4.07. The van der Waals surface area contributed by atoms with Gasteiger partial charge in [0.05, 0.1) is 25.3 Å². The van der Waals surface area contributed by atoms with Crippen LogP contribution in [0.15, 0.2) is 18.3 Å². The molecular weight excluding hydrogens is 182 g/mol. The van der Waals surface area contributed by atoms with Gasteiger partial charge in [-0.1, -0.05) is 6.07 Å². The van der Waals surface area contributed by atoms with Crippen LogP contribution in [0, 0.1) is 0 Å². The Labute approximate surface area is 82.5 Å². The summed E-state index contributed by atoms with van der Waals surface area (Å²) in [5.41, 5.74) is 1.24. The molecule has 0 aromatic carbocycles. The third-order valence-electron chi connectivity index (χ3n) is 1.77. The molecule has 0 saturated carbocycles. The maximum Gasteiger partial charge on any atom is 0.310 e. The van der Waals surface area contributed by atoms with Crippen molar-refractivity contribution >= 4 is 5.97 Å². The number of rotatable bonds is 4. The van der Waals surface area contributed by atoms with E-state index in [4.69, 9.17) is 9.84 Å². The molecule has 0 bridgehead atoms. The molecule has 0 aliphatic rings. The van der Waals surface area contributed by atoms with Gasteiger partial charge in [0.25, 0.3) is 0 Å². The molecule has 1 aromatic rings. The van der Waals surface area contributed by atoms with Crippen LogP contribution in [0.2, 0.25) is 0 Å². The average Bonchev–Trinajstić information content (AvgIpc) is 2.19. The van der Waals surface area contributed by atoms with Crippen molar-refractivity contribution in [2.24, 2.45) is 0 Å². The Morgan fingerprint density at radius 3 is 3.07 bits per heavy atom. The predicted octanol–water partition coefficient (Wildman–Crippen LogP) is 0.679. The topological polar surface area (TPSA) is 59.4 Å². The van der Waals surface area contributed by atoms with E-state index < -0.39 is 0 Å². The largest absolute Gasteiger partial charge is 0.466 e. The average molecular weight is 195 g/mol. The maximum absolute atomic E-state index is 11.1. The van der Waals surface area contributed by atoms with Gasteiger partial charge < -0.3 is 9.84 Å². The smallest absolute Gasteiger partial charge is 0.310 e. The van der Waals surface area contributed by atoms with Crippen LogP contribution in [0.1, 0.15) is 18.2 Å². The van der Waals surface area contributed by atoms with Gasteiger partial charge in [-0.15, -0.1) is 0 Å². The molecule has 0 fully saturated rings. The summed E-state index contributed by atoms with van der Waals surface area (Å²) in [5.74, 6) is -0.296. The number of pyridine rings is 1. The van der Waals surface area contributed by atoms with Gasteiger partial charge in [0.2, 0.25) is 0 Å². The lowest BCUT2D eigenvalue weighted by Crippen LogP contribution is -2.10. The molecule has 0 atom stereocenters. The van der Waals surface area contributed by atoms with E-state index in [-0.39, 0.29) is 19.0 Å². The summed E-state index contributed by atoms with van der Waals surface area (Å²) in [6.45, 7) is 1.97. The van der Waals surface area contributed by atoms with E-state index in [0.717, 1.165) is 0 Å². The van der Waals surface area contributed by atoms with Gasteiger partial charge in [-0.2, -0.15) is 0 Å². The minimum Gasteiger partial charge on any atom is -0.466 e. The molecule has 1 heterocycles. The number of aliphatic hydroxyl groups excluding tert-OH is 1. The number of carbonyl (C=O) groups excluding carboxylic acids is 1. The standard InChI is InChI=1S/C10H13NO3/c1-2-14-10(13)6-8-4-3-5-11-9(8)7-12/h3-5,12H,2,6-7H2,1H3. The minimum absolute atomic E-state index is 0.157. The second-order valence-electron chi connectivity index (χ2n) is 2.75. The predicted molar refractivity (Wildman–Crippen MR) is 50.5 cm³/mol. The zero-order valence-electron chi connectivity index (χ0n) is 8.06. The van der Waals surface area contributed by atoms with E-state index in [0.29, 0.717) is 17.9 Å².